The van der Waals surface area contributed by atoms with E-state index in [1.165, 1.54) is 0 Å². The zero-order valence-corrected chi connectivity index (χ0v) is 8.20. The topological polar surface area (TPSA) is 46.2 Å². The van der Waals surface area contributed by atoms with E-state index in [1.54, 1.807) is 6.07 Å². The van der Waals surface area contributed by atoms with Crippen LogP contribution in [0.25, 0.3) is 0 Å². The summed E-state index contributed by atoms with van der Waals surface area (Å²) in [6.07, 6.45) is 0. The molecule has 0 radical (unpaired) electrons. The zero-order chi connectivity index (χ0) is 8.59. The van der Waals surface area contributed by atoms with E-state index in [2.05, 4.69) is 15.9 Å². The van der Waals surface area contributed by atoms with E-state index in [4.69, 9.17) is 17.3 Å². The van der Waals surface area contributed by atoms with Crippen LogP contribution in [0.3, 0.4) is 0 Å². The Bertz CT molecular complexity index is 275. The Morgan fingerprint density at radius 3 is 2.73 bits per heavy atom. The first-order valence-electron chi connectivity index (χ1n) is 2.97. The fraction of sp³-hybridized carbons (Fsp3) is 0.143. The van der Waals surface area contributed by atoms with Crippen LogP contribution < -0.4 is 5.73 Å². The second kappa shape index (κ2) is 2.91. The highest BCUT2D eigenvalue weighted by Gasteiger charge is 2.08. The van der Waals surface area contributed by atoms with Gasteiger partial charge in [0.25, 0.3) is 0 Å². The van der Waals surface area contributed by atoms with Crippen molar-refractivity contribution in [3.63, 3.8) is 0 Å². The van der Waals surface area contributed by atoms with Crippen LogP contribution in [-0.4, -0.2) is 5.11 Å². The Hall–Kier alpha value is -0.410. The Kier molecular flexibility index (Phi) is 2.30. The number of aryl methyl sites for hydroxylation is 1. The lowest BCUT2D eigenvalue weighted by atomic mass is 10.2. The molecule has 0 bridgehead atoms. The number of hydrogen-bond acceptors (Lipinski definition) is 2. The first kappa shape index (κ1) is 8.68. The summed E-state index contributed by atoms with van der Waals surface area (Å²) in [7, 11) is 0. The minimum absolute atomic E-state index is 0.0656. The molecule has 60 valence electrons. The molecule has 0 aliphatic carbocycles. The van der Waals surface area contributed by atoms with Crippen LogP contribution in [-0.2, 0) is 0 Å². The molecular weight excluding hydrogens is 229 g/mol. The number of halogens is 2. The second-order valence-electron chi connectivity index (χ2n) is 2.25. The van der Waals surface area contributed by atoms with Crippen molar-refractivity contribution in [1.82, 2.24) is 0 Å². The number of phenolic OH excluding ortho intramolecular Hbond substituents is 1. The molecule has 0 aliphatic rings. The zero-order valence-electron chi connectivity index (χ0n) is 5.86. The number of anilines is 1. The maximum absolute atomic E-state index is 9.22. The lowest BCUT2D eigenvalue weighted by Gasteiger charge is -2.06. The number of nitrogen functional groups attached to an aromatic ring is 1. The molecule has 0 heterocycles. The van der Waals surface area contributed by atoms with E-state index in [-0.39, 0.29) is 16.5 Å². The van der Waals surface area contributed by atoms with Gasteiger partial charge in [0, 0.05) is 4.47 Å². The molecule has 0 fully saturated rings. The van der Waals surface area contributed by atoms with E-state index >= 15 is 0 Å². The minimum Gasteiger partial charge on any atom is -0.504 e. The summed E-state index contributed by atoms with van der Waals surface area (Å²) in [5, 5.41) is 9.51. The molecule has 0 atom stereocenters. The van der Waals surface area contributed by atoms with Gasteiger partial charge in [0.2, 0.25) is 0 Å². The van der Waals surface area contributed by atoms with Crippen molar-refractivity contribution in [3.8, 4) is 5.75 Å². The Morgan fingerprint density at radius 1 is 1.64 bits per heavy atom. The summed E-state index contributed by atoms with van der Waals surface area (Å²) >= 11 is 8.86. The number of nitrogens with two attached hydrogens (primary N) is 1. The molecule has 1 rings (SSSR count). The largest absolute Gasteiger partial charge is 0.504 e. The molecule has 0 saturated carbocycles. The summed E-state index contributed by atoms with van der Waals surface area (Å²) in [5.74, 6) is -0.0656. The van der Waals surface area contributed by atoms with Gasteiger partial charge in [-0.1, -0.05) is 11.6 Å². The molecular formula is C7H7BrClNO. The smallest absolute Gasteiger partial charge is 0.158 e. The van der Waals surface area contributed by atoms with Gasteiger partial charge in [-0.2, -0.15) is 0 Å². The maximum Gasteiger partial charge on any atom is 0.158 e. The van der Waals surface area contributed by atoms with Gasteiger partial charge in [0.1, 0.15) is 0 Å². The highest BCUT2D eigenvalue weighted by atomic mass is 79.9. The average molecular weight is 236 g/mol. The first-order valence-corrected chi connectivity index (χ1v) is 4.14. The van der Waals surface area contributed by atoms with Crippen LogP contribution in [0.2, 0.25) is 5.02 Å². The van der Waals surface area contributed by atoms with Crippen molar-refractivity contribution in [2.45, 2.75) is 6.92 Å². The minimum atomic E-state index is -0.0656. The standard InChI is InChI=1S/C7H7BrClNO/c1-3-2-4(9)7(11)6(10)5(3)8/h2,11H,10H2,1H3. The molecule has 0 aromatic heterocycles. The van der Waals surface area contributed by atoms with Gasteiger partial charge < -0.3 is 10.8 Å². The van der Waals surface area contributed by atoms with Crippen molar-refractivity contribution in [2.24, 2.45) is 0 Å². The van der Waals surface area contributed by atoms with Crippen molar-refractivity contribution < 1.29 is 5.11 Å². The predicted molar refractivity (Wildman–Crippen MR) is 50.0 cm³/mol. The molecule has 11 heavy (non-hydrogen) atoms. The highest BCUT2D eigenvalue weighted by Crippen LogP contribution is 2.37. The monoisotopic (exact) mass is 235 g/mol. The van der Waals surface area contributed by atoms with E-state index in [9.17, 15) is 5.11 Å². The molecule has 0 saturated heterocycles. The Labute approximate surface area is 78.1 Å². The van der Waals surface area contributed by atoms with Crippen molar-refractivity contribution in [2.75, 3.05) is 5.73 Å². The molecule has 0 spiro atoms. The summed E-state index contributed by atoms with van der Waals surface area (Å²) in [4.78, 5) is 0. The van der Waals surface area contributed by atoms with Crippen LogP contribution in [0.5, 0.6) is 5.75 Å². The third-order valence-electron chi connectivity index (χ3n) is 1.41. The summed E-state index contributed by atoms with van der Waals surface area (Å²) in [5.41, 5.74) is 6.70. The Morgan fingerprint density at radius 2 is 2.18 bits per heavy atom. The molecule has 0 amide bonds. The van der Waals surface area contributed by atoms with Crippen LogP contribution >= 0.6 is 27.5 Å². The lowest BCUT2D eigenvalue weighted by molar-refractivity contribution is 0.478. The van der Waals surface area contributed by atoms with E-state index < -0.39 is 0 Å². The average Bonchev–Trinajstić information content (AvgIpc) is 1.97. The lowest BCUT2D eigenvalue weighted by Crippen LogP contribution is -1.90. The van der Waals surface area contributed by atoms with Crippen molar-refractivity contribution >= 4 is 33.2 Å². The fourth-order valence-corrected chi connectivity index (χ4v) is 1.33. The number of hydrogen-bond donors (Lipinski definition) is 2. The number of phenols is 1. The number of rotatable bonds is 0. The van der Waals surface area contributed by atoms with E-state index in [0.29, 0.717) is 4.47 Å². The van der Waals surface area contributed by atoms with Crippen molar-refractivity contribution in [3.05, 3.63) is 21.1 Å². The third kappa shape index (κ3) is 1.44. The summed E-state index contributed by atoms with van der Waals surface area (Å²) in [6.45, 7) is 1.85. The molecule has 0 aliphatic heterocycles. The summed E-state index contributed by atoms with van der Waals surface area (Å²) < 4.78 is 0.694. The first-order chi connectivity index (χ1) is 5.04. The predicted octanol–water partition coefficient (Wildman–Crippen LogP) is 2.70. The van der Waals surface area contributed by atoms with Gasteiger partial charge in [0.05, 0.1) is 10.7 Å². The quantitative estimate of drug-likeness (QED) is 0.537. The Balaban J connectivity index is 3.46. The van der Waals surface area contributed by atoms with Crippen LogP contribution in [0, 0.1) is 6.92 Å². The van der Waals surface area contributed by atoms with Crippen molar-refractivity contribution in [1.29, 1.82) is 0 Å². The van der Waals surface area contributed by atoms with Gasteiger partial charge in [-0.25, -0.2) is 0 Å². The summed E-state index contributed by atoms with van der Waals surface area (Å²) in [6, 6.07) is 1.65. The van der Waals surface area contributed by atoms with E-state index in [0.717, 1.165) is 5.56 Å². The third-order valence-corrected chi connectivity index (χ3v) is 2.75. The van der Waals surface area contributed by atoms with Gasteiger partial charge in [-0.15, -0.1) is 0 Å². The molecule has 1 aromatic carbocycles. The second-order valence-corrected chi connectivity index (χ2v) is 3.45. The SMILES string of the molecule is Cc1cc(Cl)c(O)c(N)c1Br. The fourth-order valence-electron chi connectivity index (χ4n) is 0.767. The highest BCUT2D eigenvalue weighted by molar-refractivity contribution is 9.10. The molecule has 3 N–H and O–H groups in total. The molecule has 4 heteroatoms. The molecule has 1 aromatic rings. The molecule has 0 unspecified atom stereocenters. The van der Waals surface area contributed by atoms with Gasteiger partial charge in [0.15, 0.2) is 5.75 Å². The molecule has 2 nitrogen and oxygen atoms in total. The van der Waals surface area contributed by atoms with Gasteiger partial charge in [-0.3, -0.25) is 0 Å². The van der Waals surface area contributed by atoms with Crippen LogP contribution in [0.15, 0.2) is 10.5 Å². The van der Waals surface area contributed by atoms with E-state index in [1.807, 2.05) is 6.92 Å². The number of aromatic hydroxyl groups is 1. The number of benzene rings is 1. The normalized spacial score (nSPS) is 10.1. The van der Waals surface area contributed by atoms with Gasteiger partial charge in [-0.05, 0) is 34.5 Å². The van der Waals surface area contributed by atoms with Crippen LogP contribution in [0.4, 0.5) is 5.69 Å². The maximum atomic E-state index is 9.22. The van der Waals surface area contributed by atoms with Gasteiger partial charge >= 0.3 is 0 Å². The van der Waals surface area contributed by atoms with Crippen LogP contribution in [0.1, 0.15) is 5.56 Å².